The molecule has 2 amide bonds. The predicted molar refractivity (Wildman–Crippen MR) is 72.0 cm³/mol. The summed E-state index contributed by atoms with van der Waals surface area (Å²) in [5, 5.41) is 5.85. The summed E-state index contributed by atoms with van der Waals surface area (Å²) in [5.41, 5.74) is -0.0334. The summed E-state index contributed by atoms with van der Waals surface area (Å²) in [6.45, 7) is 11.1. The molecular weight excluding hydrogens is 228 g/mol. The molecule has 0 saturated carbocycles. The summed E-state index contributed by atoms with van der Waals surface area (Å²) in [7, 11) is 0. The van der Waals surface area contributed by atoms with E-state index in [2.05, 4.69) is 45.3 Å². The number of hydrogen-bond donors (Lipinski definition) is 2. The first-order valence-electron chi connectivity index (χ1n) is 6.68. The largest absolute Gasteiger partial charge is 0.355 e. The molecule has 104 valence electrons. The van der Waals surface area contributed by atoms with Crippen LogP contribution in [0.15, 0.2) is 0 Å². The van der Waals surface area contributed by atoms with Gasteiger partial charge in [-0.15, -0.1) is 0 Å². The van der Waals surface area contributed by atoms with Crippen molar-refractivity contribution >= 4 is 11.8 Å². The van der Waals surface area contributed by atoms with Crippen molar-refractivity contribution in [2.24, 2.45) is 11.3 Å². The lowest BCUT2D eigenvalue weighted by atomic mass is 9.81. The SMILES string of the molecule is CC(C)(C)CC(C)(C)NC(=O)C1CCC(=O)NC1. The van der Waals surface area contributed by atoms with Gasteiger partial charge in [0.2, 0.25) is 11.8 Å². The quantitative estimate of drug-likeness (QED) is 0.807. The smallest absolute Gasteiger partial charge is 0.225 e. The van der Waals surface area contributed by atoms with Crippen molar-refractivity contribution < 1.29 is 9.59 Å². The fraction of sp³-hybridized carbons (Fsp3) is 0.857. The van der Waals surface area contributed by atoms with Gasteiger partial charge in [0.15, 0.2) is 0 Å². The molecule has 2 N–H and O–H groups in total. The Balaban J connectivity index is 2.51. The van der Waals surface area contributed by atoms with Gasteiger partial charge >= 0.3 is 0 Å². The summed E-state index contributed by atoms with van der Waals surface area (Å²) >= 11 is 0. The van der Waals surface area contributed by atoms with Crippen LogP contribution in [0, 0.1) is 11.3 Å². The molecule has 1 aliphatic heterocycles. The topological polar surface area (TPSA) is 58.2 Å². The van der Waals surface area contributed by atoms with Gasteiger partial charge in [-0.1, -0.05) is 20.8 Å². The molecule has 1 saturated heterocycles. The molecule has 4 heteroatoms. The highest BCUT2D eigenvalue weighted by molar-refractivity contribution is 5.84. The maximum Gasteiger partial charge on any atom is 0.225 e. The fourth-order valence-electron chi connectivity index (χ4n) is 2.76. The second-order valence-corrected chi connectivity index (χ2v) is 7.15. The van der Waals surface area contributed by atoms with Gasteiger partial charge < -0.3 is 10.6 Å². The Bertz CT molecular complexity index is 319. The third kappa shape index (κ3) is 5.07. The van der Waals surface area contributed by atoms with E-state index in [1.54, 1.807) is 0 Å². The van der Waals surface area contributed by atoms with E-state index in [1.807, 2.05) is 0 Å². The average Bonchev–Trinajstić information content (AvgIpc) is 2.13. The third-order valence-electron chi connectivity index (χ3n) is 3.07. The molecule has 0 spiro atoms. The molecule has 1 unspecified atom stereocenters. The third-order valence-corrected chi connectivity index (χ3v) is 3.07. The van der Waals surface area contributed by atoms with E-state index < -0.39 is 0 Å². The minimum atomic E-state index is -0.212. The number of carbonyl (C=O) groups excluding carboxylic acids is 2. The van der Waals surface area contributed by atoms with Crippen molar-refractivity contribution in [3.05, 3.63) is 0 Å². The maximum atomic E-state index is 12.1. The van der Waals surface area contributed by atoms with Crippen LogP contribution in [0.1, 0.15) is 53.9 Å². The van der Waals surface area contributed by atoms with E-state index in [0.29, 0.717) is 19.4 Å². The number of nitrogens with one attached hydrogen (secondary N) is 2. The summed E-state index contributed by atoms with van der Waals surface area (Å²) in [4.78, 5) is 23.2. The summed E-state index contributed by atoms with van der Waals surface area (Å²) in [6.07, 6.45) is 2.03. The average molecular weight is 254 g/mol. The normalized spacial score (nSPS) is 21.4. The Morgan fingerprint density at radius 2 is 1.94 bits per heavy atom. The van der Waals surface area contributed by atoms with Crippen LogP contribution in [0.25, 0.3) is 0 Å². The van der Waals surface area contributed by atoms with Crippen LogP contribution < -0.4 is 10.6 Å². The van der Waals surface area contributed by atoms with Gasteiger partial charge in [0.1, 0.15) is 0 Å². The van der Waals surface area contributed by atoms with Crippen molar-refractivity contribution in [2.75, 3.05) is 6.54 Å². The summed E-state index contributed by atoms with van der Waals surface area (Å²) in [5.74, 6) is 0.0270. The van der Waals surface area contributed by atoms with Gasteiger partial charge in [0.25, 0.3) is 0 Å². The van der Waals surface area contributed by atoms with Crippen molar-refractivity contribution in [3.63, 3.8) is 0 Å². The highest BCUT2D eigenvalue weighted by Gasteiger charge is 2.31. The van der Waals surface area contributed by atoms with E-state index in [9.17, 15) is 9.59 Å². The minimum Gasteiger partial charge on any atom is -0.355 e. The van der Waals surface area contributed by atoms with Crippen LogP contribution in [-0.2, 0) is 9.59 Å². The molecule has 0 radical (unpaired) electrons. The Morgan fingerprint density at radius 1 is 1.33 bits per heavy atom. The zero-order valence-electron chi connectivity index (χ0n) is 12.2. The van der Waals surface area contributed by atoms with Gasteiger partial charge in [0.05, 0.1) is 5.92 Å². The van der Waals surface area contributed by atoms with Gasteiger partial charge in [-0.2, -0.15) is 0 Å². The highest BCUT2D eigenvalue weighted by Crippen LogP contribution is 2.27. The molecule has 1 heterocycles. The number of piperidine rings is 1. The van der Waals surface area contributed by atoms with E-state index in [4.69, 9.17) is 0 Å². The van der Waals surface area contributed by atoms with Crippen LogP contribution in [0.5, 0.6) is 0 Å². The molecule has 0 aromatic carbocycles. The van der Waals surface area contributed by atoms with Crippen molar-refractivity contribution in [1.82, 2.24) is 10.6 Å². The van der Waals surface area contributed by atoms with Crippen LogP contribution in [0.2, 0.25) is 0 Å². The molecular formula is C14H26N2O2. The lowest BCUT2D eigenvalue weighted by Gasteiger charge is -2.35. The predicted octanol–water partition coefficient (Wildman–Crippen LogP) is 1.84. The van der Waals surface area contributed by atoms with Crippen molar-refractivity contribution in [1.29, 1.82) is 0 Å². The number of rotatable bonds is 3. The van der Waals surface area contributed by atoms with Crippen LogP contribution in [0.4, 0.5) is 0 Å². The van der Waals surface area contributed by atoms with E-state index >= 15 is 0 Å². The maximum absolute atomic E-state index is 12.1. The Labute approximate surface area is 110 Å². The van der Waals surface area contributed by atoms with E-state index in [0.717, 1.165) is 6.42 Å². The molecule has 1 rings (SSSR count). The number of carbonyl (C=O) groups is 2. The second kappa shape index (κ2) is 5.29. The van der Waals surface area contributed by atoms with Crippen molar-refractivity contribution in [3.8, 4) is 0 Å². The van der Waals surface area contributed by atoms with Gasteiger partial charge in [-0.3, -0.25) is 9.59 Å². The van der Waals surface area contributed by atoms with Crippen molar-refractivity contribution in [2.45, 2.75) is 59.4 Å². The monoisotopic (exact) mass is 254 g/mol. The Kier molecular flexibility index (Phi) is 4.41. The molecule has 1 fully saturated rings. The molecule has 1 atom stereocenters. The van der Waals surface area contributed by atoms with Crippen LogP contribution in [0.3, 0.4) is 0 Å². The molecule has 0 aromatic heterocycles. The van der Waals surface area contributed by atoms with E-state index in [1.165, 1.54) is 0 Å². The van der Waals surface area contributed by atoms with Crippen LogP contribution >= 0.6 is 0 Å². The fourth-order valence-corrected chi connectivity index (χ4v) is 2.76. The molecule has 1 aliphatic rings. The first-order chi connectivity index (χ1) is 8.09. The van der Waals surface area contributed by atoms with Gasteiger partial charge in [-0.05, 0) is 32.1 Å². The van der Waals surface area contributed by atoms with Crippen LogP contribution in [-0.4, -0.2) is 23.9 Å². The van der Waals surface area contributed by atoms with Gasteiger partial charge in [-0.25, -0.2) is 0 Å². The molecule has 0 aromatic rings. The minimum absolute atomic E-state index is 0.0491. The summed E-state index contributed by atoms with van der Waals surface area (Å²) < 4.78 is 0. The Morgan fingerprint density at radius 3 is 2.39 bits per heavy atom. The lowest BCUT2D eigenvalue weighted by Crippen LogP contribution is -2.51. The molecule has 4 nitrogen and oxygen atoms in total. The first kappa shape index (κ1) is 15.0. The molecule has 0 aliphatic carbocycles. The van der Waals surface area contributed by atoms with Gasteiger partial charge in [0, 0.05) is 18.5 Å². The second-order valence-electron chi connectivity index (χ2n) is 7.15. The summed E-state index contributed by atoms with van der Waals surface area (Å²) in [6, 6.07) is 0. The number of hydrogen-bond acceptors (Lipinski definition) is 2. The standard InChI is InChI=1S/C14H26N2O2/c1-13(2,3)9-14(4,5)16-12(18)10-6-7-11(17)15-8-10/h10H,6-9H2,1-5H3,(H,15,17)(H,16,18). The zero-order valence-corrected chi connectivity index (χ0v) is 12.2. The Hall–Kier alpha value is -1.06. The number of amides is 2. The molecule has 18 heavy (non-hydrogen) atoms. The zero-order chi connectivity index (χ0) is 14.0. The molecule has 0 bridgehead atoms. The highest BCUT2D eigenvalue weighted by atomic mass is 16.2. The lowest BCUT2D eigenvalue weighted by molar-refractivity contribution is -0.130. The van der Waals surface area contributed by atoms with E-state index in [-0.39, 0.29) is 28.7 Å². The first-order valence-corrected chi connectivity index (χ1v) is 6.68.